The summed E-state index contributed by atoms with van der Waals surface area (Å²) in [5.41, 5.74) is 8.74. The van der Waals surface area contributed by atoms with E-state index in [4.69, 9.17) is 5.73 Å². The van der Waals surface area contributed by atoms with Crippen molar-refractivity contribution in [1.82, 2.24) is 20.2 Å². The molecule has 0 fully saturated rings. The summed E-state index contributed by atoms with van der Waals surface area (Å²) in [5.74, 6) is 0.790. The number of nitrogens with zero attached hydrogens (tertiary/aromatic N) is 4. The summed E-state index contributed by atoms with van der Waals surface area (Å²) in [5, 5.41) is 11.9. The number of aryl methyl sites for hydroxylation is 2. The van der Waals surface area contributed by atoms with Gasteiger partial charge in [0.15, 0.2) is 5.82 Å². The van der Waals surface area contributed by atoms with Crippen molar-refractivity contribution in [1.29, 1.82) is 0 Å². The van der Waals surface area contributed by atoms with E-state index in [2.05, 4.69) is 22.4 Å². The number of anilines is 1. The molecule has 0 amide bonds. The maximum atomic E-state index is 5.92. The van der Waals surface area contributed by atoms with Crippen LogP contribution in [0.2, 0.25) is 0 Å². The van der Waals surface area contributed by atoms with E-state index < -0.39 is 0 Å². The van der Waals surface area contributed by atoms with Crippen molar-refractivity contribution >= 4 is 5.69 Å². The molecule has 0 saturated carbocycles. The first-order valence-corrected chi connectivity index (χ1v) is 6.35. The van der Waals surface area contributed by atoms with E-state index in [0.29, 0.717) is 0 Å². The highest BCUT2D eigenvalue weighted by Crippen LogP contribution is 2.21. The predicted molar refractivity (Wildman–Crippen MR) is 71.9 cm³/mol. The molecule has 0 aliphatic carbocycles. The average molecular weight is 245 g/mol. The Morgan fingerprint density at radius 2 is 2.11 bits per heavy atom. The van der Waals surface area contributed by atoms with Crippen LogP contribution in [0.25, 0.3) is 11.4 Å². The van der Waals surface area contributed by atoms with Crippen LogP contribution in [0.3, 0.4) is 0 Å². The first kappa shape index (κ1) is 12.5. The average Bonchev–Trinajstić information content (AvgIpc) is 2.81. The molecule has 0 aliphatic heterocycles. The highest BCUT2D eigenvalue weighted by Gasteiger charge is 2.09. The Balaban J connectivity index is 2.22. The van der Waals surface area contributed by atoms with E-state index in [-0.39, 0.29) is 0 Å². The predicted octanol–water partition coefficient (Wildman–Crippen LogP) is 2.42. The quantitative estimate of drug-likeness (QED) is 0.648. The number of aromatic nitrogens is 4. The third-order valence-corrected chi connectivity index (χ3v) is 3.04. The molecular weight excluding hydrogens is 226 g/mol. The Labute approximate surface area is 107 Å². The summed E-state index contributed by atoms with van der Waals surface area (Å²) < 4.78 is 1.85. The molecule has 2 N–H and O–H groups in total. The van der Waals surface area contributed by atoms with E-state index in [1.807, 2.05) is 29.8 Å². The summed E-state index contributed by atoms with van der Waals surface area (Å²) in [7, 11) is 0. The van der Waals surface area contributed by atoms with Crippen molar-refractivity contribution in [3.8, 4) is 11.4 Å². The Bertz CT molecular complexity index is 518. The molecule has 0 unspecified atom stereocenters. The highest BCUT2D eigenvalue weighted by molar-refractivity contribution is 5.63. The Morgan fingerprint density at radius 3 is 2.83 bits per heavy atom. The minimum Gasteiger partial charge on any atom is -0.398 e. The summed E-state index contributed by atoms with van der Waals surface area (Å²) in [6, 6.07) is 5.93. The third-order valence-electron chi connectivity index (χ3n) is 3.04. The van der Waals surface area contributed by atoms with E-state index >= 15 is 0 Å². The van der Waals surface area contributed by atoms with E-state index in [1.165, 1.54) is 12.8 Å². The number of tetrazole rings is 1. The smallest absolute Gasteiger partial charge is 0.182 e. The van der Waals surface area contributed by atoms with Crippen molar-refractivity contribution in [2.24, 2.45) is 0 Å². The summed E-state index contributed by atoms with van der Waals surface area (Å²) in [6.45, 7) is 5.02. The zero-order valence-corrected chi connectivity index (χ0v) is 10.9. The molecule has 0 atom stereocenters. The molecule has 1 heterocycles. The first-order chi connectivity index (χ1) is 8.72. The van der Waals surface area contributed by atoms with Crippen LogP contribution in [0.15, 0.2) is 18.2 Å². The van der Waals surface area contributed by atoms with Crippen LogP contribution in [0.5, 0.6) is 0 Å². The van der Waals surface area contributed by atoms with E-state index in [9.17, 15) is 0 Å². The second-order valence-corrected chi connectivity index (χ2v) is 4.50. The minimum absolute atomic E-state index is 0.774. The molecule has 5 nitrogen and oxygen atoms in total. The second kappa shape index (κ2) is 5.62. The summed E-state index contributed by atoms with van der Waals surface area (Å²) >= 11 is 0. The van der Waals surface area contributed by atoms with Crippen molar-refractivity contribution in [3.63, 3.8) is 0 Å². The molecule has 5 heteroatoms. The van der Waals surface area contributed by atoms with Crippen LogP contribution < -0.4 is 5.73 Å². The Morgan fingerprint density at radius 1 is 1.28 bits per heavy atom. The van der Waals surface area contributed by atoms with Crippen molar-refractivity contribution in [2.45, 2.75) is 39.7 Å². The van der Waals surface area contributed by atoms with Crippen LogP contribution >= 0.6 is 0 Å². The lowest BCUT2D eigenvalue weighted by atomic mass is 10.1. The van der Waals surface area contributed by atoms with Gasteiger partial charge >= 0.3 is 0 Å². The monoisotopic (exact) mass is 245 g/mol. The van der Waals surface area contributed by atoms with Crippen molar-refractivity contribution in [3.05, 3.63) is 23.8 Å². The first-order valence-electron chi connectivity index (χ1n) is 6.35. The molecule has 1 aromatic carbocycles. The van der Waals surface area contributed by atoms with Crippen molar-refractivity contribution < 1.29 is 0 Å². The maximum absolute atomic E-state index is 5.92. The molecule has 0 spiro atoms. The van der Waals surface area contributed by atoms with Gasteiger partial charge in [0.2, 0.25) is 0 Å². The van der Waals surface area contributed by atoms with Crippen LogP contribution in [0.4, 0.5) is 5.69 Å². The van der Waals surface area contributed by atoms with Crippen molar-refractivity contribution in [2.75, 3.05) is 5.73 Å². The zero-order chi connectivity index (χ0) is 13.0. The molecular formula is C13H19N5. The van der Waals surface area contributed by atoms with Gasteiger partial charge in [0.05, 0.1) is 0 Å². The van der Waals surface area contributed by atoms with Gasteiger partial charge in [-0.1, -0.05) is 31.9 Å². The normalized spacial score (nSPS) is 10.8. The van der Waals surface area contributed by atoms with Crippen LogP contribution in [-0.4, -0.2) is 20.2 Å². The maximum Gasteiger partial charge on any atom is 0.182 e. The third kappa shape index (κ3) is 2.67. The van der Waals surface area contributed by atoms with E-state index in [0.717, 1.165) is 35.6 Å². The van der Waals surface area contributed by atoms with Gasteiger partial charge in [-0.3, -0.25) is 0 Å². The lowest BCUT2D eigenvalue weighted by Gasteiger charge is -2.06. The minimum atomic E-state index is 0.774. The number of benzene rings is 1. The van der Waals surface area contributed by atoms with Gasteiger partial charge in [0.1, 0.15) is 0 Å². The van der Waals surface area contributed by atoms with Gasteiger partial charge in [-0.15, -0.1) is 5.10 Å². The van der Waals surface area contributed by atoms with Crippen LogP contribution in [-0.2, 0) is 6.54 Å². The molecule has 0 aliphatic rings. The molecule has 0 saturated heterocycles. The zero-order valence-electron chi connectivity index (χ0n) is 10.9. The molecule has 18 heavy (non-hydrogen) atoms. The fraction of sp³-hybridized carbons (Fsp3) is 0.462. The van der Waals surface area contributed by atoms with Gasteiger partial charge in [-0.05, 0) is 35.4 Å². The number of hydrogen-bond acceptors (Lipinski definition) is 4. The largest absolute Gasteiger partial charge is 0.398 e. The SMILES string of the molecule is CCCCCn1nnnc1-c1ccc(C)c(N)c1. The van der Waals surface area contributed by atoms with Gasteiger partial charge < -0.3 is 5.73 Å². The number of hydrogen-bond donors (Lipinski definition) is 1. The molecule has 96 valence electrons. The molecule has 0 bridgehead atoms. The van der Waals surface area contributed by atoms with Gasteiger partial charge in [0.25, 0.3) is 0 Å². The number of rotatable bonds is 5. The number of nitrogens with two attached hydrogens (primary N) is 1. The van der Waals surface area contributed by atoms with Crippen LogP contribution in [0, 0.1) is 6.92 Å². The number of unbranched alkanes of at least 4 members (excludes halogenated alkanes) is 2. The molecule has 2 aromatic rings. The Kier molecular flexibility index (Phi) is 3.92. The topological polar surface area (TPSA) is 69.6 Å². The fourth-order valence-corrected chi connectivity index (χ4v) is 1.85. The lowest BCUT2D eigenvalue weighted by Crippen LogP contribution is -2.03. The second-order valence-electron chi connectivity index (χ2n) is 4.50. The molecule has 1 aromatic heterocycles. The van der Waals surface area contributed by atoms with Crippen LogP contribution in [0.1, 0.15) is 31.7 Å². The Hall–Kier alpha value is -1.91. The van der Waals surface area contributed by atoms with Gasteiger partial charge in [-0.2, -0.15) is 0 Å². The fourth-order valence-electron chi connectivity index (χ4n) is 1.85. The summed E-state index contributed by atoms with van der Waals surface area (Å²) in [6.07, 6.45) is 3.47. The summed E-state index contributed by atoms with van der Waals surface area (Å²) in [4.78, 5) is 0. The van der Waals surface area contributed by atoms with Gasteiger partial charge in [0, 0.05) is 17.8 Å². The number of nitrogen functional groups attached to an aromatic ring is 1. The lowest BCUT2D eigenvalue weighted by molar-refractivity contribution is 0.541. The van der Waals surface area contributed by atoms with E-state index in [1.54, 1.807) is 0 Å². The molecule has 0 radical (unpaired) electrons. The van der Waals surface area contributed by atoms with Gasteiger partial charge in [-0.25, -0.2) is 4.68 Å². The standard InChI is InChI=1S/C13H19N5/c1-3-4-5-8-18-13(15-16-17-18)11-7-6-10(2)12(14)9-11/h6-7,9H,3-5,8,14H2,1-2H3. The molecule has 2 rings (SSSR count). The highest BCUT2D eigenvalue weighted by atomic mass is 15.5.